The zero-order chi connectivity index (χ0) is 21.6. The second-order valence-electron chi connectivity index (χ2n) is 7.31. The number of carbonyl (C=O) groups is 1. The molecule has 0 fully saturated rings. The van der Waals surface area contributed by atoms with Gasteiger partial charge in [-0.2, -0.15) is 10.2 Å². The molecule has 0 atom stereocenters. The summed E-state index contributed by atoms with van der Waals surface area (Å²) in [5.74, 6) is 0.420. The molecule has 2 aromatic carbocycles. The first-order valence-electron chi connectivity index (χ1n) is 9.96. The van der Waals surface area contributed by atoms with Crippen molar-refractivity contribution in [3.63, 3.8) is 0 Å². The first-order valence-corrected chi connectivity index (χ1v) is 9.96. The number of carbonyl (C=O) groups excluding carboxylic acids is 1. The standard InChI is InChI=1S/C24H24N6O/c1-28(2)21-11-8-19(9-12-21)17-30-23(14-15-25-30)27-24(31)13-10-20-16-26-29(18-20)22-6-4-3-5-7-22/h3-16,18H,17H2,1-2H3,(H,27,31). The number of benzene rings is 2. The molecule has 1 amide bonds. The molecule has 0 aliphatic rings. The van der Waals surface area contributed by atoms with Gasteiger partial charge in [0, 0.05) is 43.7 Å². The van der Waals surface area contributed by atoms with Gasteiger partial charge >= 0.3 is 0 Å². The van der Waals surface area contributed by atoms with Crippen LogP contribution >= 0.6 is 0 Å². The number of hydrogen-bond donors (Lipinski definition) is 1. The Bertz CT molecular complexity index is 1170. The highest BCUT2D eigenvalue weighted by Crippen LogP contribution is 2.15. The second kappa shape index (κ2) is 9.13. The van der Waals surface area contributed by atoms with E-state index in [1.807, 2.05) is 50.6 Å². The maximum absolute atomic E-state index is 12.4. The number of nitrogens with zero attached hydrogens (tertiary/aromatic N) is 5. The normalized spacial score (nSPS) is 11.0. The molecule has 0 bridgehead atoms. The van der Waals surface area contributed by atoms with Crippen molar-refractivity contribution in [3.05, 3.63) is 96.5 Å². The van der Waals surface area contributed by atoms with E-state index in [0.29, 0.717) is 12.4 Å². The zero-order valence-corrected chi connectivity index (χ0v) is 17.5. The lowest BCUT2D eigenvalue weighted by molar-refractivity contribution is -0.111. The van der Waals surface area contributed by atoms with E-state index < -0.39 is 0 Å². The van der Waals surface area contributed by atoms with Gasteiger partial charge < -0.3 is 10.2 Å². The highest BCUT2D eigenvalue weighted by molar-refractivity contribution is 6.01. The molecular formula is C24H24N6O. The number of nitrogens with one attached hydrogen (secondary N) is 1. The molecule has 0 radical (unpaired) electrons. The van der Waals surface area contributed by atoms with Crippen molar-refractivity contribution in [3.8, 4) is 5.69 Å². The number of amides is 1. The van der Waals surface area contributed by atoms with Gasteiger partial charge in [-0.05, 0) is 35.9 Å². The van der Waals surface area contributed by atoms with Crippen LogP contribution in [0.3, 0.4) is 0 Å². The van der Waals surface area contributed by atoms with Gasteiger partial charge in [0.05, 0.1) is 24.6 Å². The number of aromatic nitrogens is 4. The first kappa shape index (κ1) is 20.2. The lowest BCUT2D eigenvalue weighted by Crippen LogP contribution is -2.14. The van der Waals surface area contributed by atoms with Crippen molar-refractivity contribution in [2.75, 3.05) is 24.3 Å². The highest BCUT2D eigenvalue weighted by atomic mass is 16.1. The number of hydrogen-bond acceptors (Lipinski definition) is 4. The van der Waals surface area contributed by atoms with Gasteiger partial charge in [-0.15, -0.1) is 0 Å². The summed E-state index contributed by atoms with van der Waals surface area (Å²) in [5, 5.41) is 11.6. The van der Waals surface area contributed by atoms with Gasteiger partial charge in [-0.25, -0.2) is 9.36 Å². The van der Waals surface area contributed by atoms with Crippen LogP contribution in [-0.2, 0) is 11.3 Å². The van der Waals surface area contributed by atoms with Gasteiger partial charge in [0.25, 0.3) is 0 Å². The van der Waals surface area contributed by atoms with E-state index >= 15 is 0 Å². The topological polar surface area (TPSA) is 68.0 Å². The van der Waals surface area contributed by atoms with Gasteiger partial charge in [-0.3, -0.25) is 4.79 Å². The van der Waals surface area contributed by atoms with Crippen molar-refractivity contribution in [1.82, 2.24) is 19.6 Å². The van der Waals surface area contributed by atoms with Crippen LogP contribution in [0.15, 0.2) is 85.3 Å². The Kier molecular flexibility index (Phi) is 5.93. The van der Waals surface area contributed by atoms with Crippen LogP contribution in [0.25, 0.3) is 11.8 Å². The first-order chi connectivity index (χ1) is 15.1. The van der Waals surface area contributed by atoms with Crippen molar-refractivity contribution >= 4 is 23.5 Å². The molecule has 0 aliphatic heterocycles. The zero-order valence-electron chi connectivity index (χ0n) is 17.5. The monoisotopic (exact) mass is 412 g/mol. The minimum absolute atomic E-state index is 0.225. The quantitative estimate of drug-likeness (QED) is 0.469. The molecule has 7 heteroatoms. The van der Waals surface area contributed by atoms with Crippen LogP contribution in [0.2, 0.25) is 0 Å². The summed E-state index contributed by atoms with van der Waals surface area (Å²) >= 11 is 0. The van der Waals surface area contributed by atoms with E-state index in [0.717, 1.165) is 22.5 Å². The van der Waals surface area contributed by atoms with Crippen LogP contribution in [0, 0.1) is 0 Å². The number of anilines is 2. The molecule has 1 N–H and O–H groups in total. The lowest BCUT2D eigenvalue weighted by Gasteiger charge is -2.13. The minimum Gasteiger partial charge on any atom is -0.378 e. The average Bonchev–Trinajstić information content (AvgIpc) is 3.43. The maximum Gasteiger partial charge on any atom is 0.249 e. The van der Waals surface area contributed by atoms with E-state index in [4.69, 9.17) is 0 Å². The molecule has 156 valence electrons. The molecule has 0 saturated heterocycles. The fourth-order valence-electron chi connectivity index (χ4n) is 3.12. The molecule has 0 unspecified atom stereocenters. The third kappa shape index (κ3) is 5.08. The van der Waals surface area contributed by atoms with E-state index in [1.54, 1.807) is 33.9 Å². The number of para-hydroxylation sites is 1. The van der Waals surface area contributed by atoms with Crippen LogP contribution in [0.5, 0.6) is 0 Å². The third-order valence-corrected chi connectivity index (χ3v) is 4.80. The Balaban J connectivity index is 1.38. The molecule has 31 heavy (non-hydrogen) atoms. The molecule has 4 aromatic rings. The average molecular weight is 412 g/mol. The van der Waals surface area contributed by atoms with E-state index in [-0.39, 0.29) is 5.91 Å². The summed E-state index contributed by atoms with van der Waals surface area (Å²) in [4.78, 5) is 14.5. The van der Waals surface area contributed by atoms with Crippen LogP contribution in [0.4, 0.5) is 11.5 Å². The number of rotatable bonds is 7. The highest BCUT2D eigenvalue weighted by Gasteiger charge is 2.07. The maximum atomic E-state index is 12.4. The van der Waals surface area contributed by atoms with Gasteiger partial charge in [-0.1, -0.05) is 30.3 Å². The third-order valence-electron chi connectivity index (χ3n) is 4.80. The summed E-state index contributed by atoms with van der Waals surface area (Å²) < 4.78 is 3.54. The smallest absolute Gasteiger partial charge is 0.249 e. The second-order valence-corrected chi connectivity index (χ2v) is 7.31. The van der Waals surface area contributed by atoms with Crippen LogP contribution in [-0.4, -0.2) is 39.6 Å². The molecule has 4 rings (SSSR count). The predicted molar refractivity (Wildman–Crippen MR) is 123 cm³/mol. The Morgan fingerprint density at radius 3 is 2.55 bits per heavy atom. The van der Waals surface area contributed by atoms with E-state index in [9.17, 15) is 4.79 Å². The summed E-state index contributed by atoms with van der Waals surface area (Å²) in [5.41, 5.74) is 4.05. The van der Waals surface area contributed by atoms with Gasteiger partial charge in [0.2, 0.25) is 5.91 Å². The lowest BCUT2D eigenvalue weighted by atomic mass is 10.2. The Morgan fingerprint density at radius 2 is 1.81 bits per heavy atom. The van der Waals surface area contributed by atoms with Gasteiger partial charge in [0.1, 0.15) is 5.82 Å². The summed E-state index contributed by atoms with van der Waals surface area (Å²) in [6.45, 7) is 0.573. The molecule has 2 aromatic heterocycles. The van der Waals surface area contributed by atoms with E-state index in [1.165, 1.54) is 6.08 Å². The van der Waals surface area contributed by atoms with Crippen LogP contribution in [0.1, 0.15) is 11.1 Å². The predicted octanol–water partition coefficient (Wildman–Crippen LogP) is 3.84. The largest absolute Gasteiger partial charge is 0.378 e. The summed E-state index contributed by atoms with van der Waals surface area (Å²) in [6, 6.07) is 19.9. The molecule has 2 heterocycles. The Hall–Kier alpha value is -4.13. The summed E-state index contributed by atoms with van der Waals surface area (Å²) in [6.07, 6.45) is 8.51. The van der Waals surface area contributed by atoms with E-state index in [2.05, 4.69) is 44.7 Å². The summed E-state index contributed by atoms with van der Waals surface area (Å²) in [7, 11) is 4.02. The van der Waals surface area contributed by atoms with Crippen LogP contribution < -0.4 is 10.2 Å². The fourth-order valence-corrected chi connectivity index (χ4v) is 3.12. The molecule has 0 saturated carbocycles. The Morgan fingerprint density at radius 1 is 1.03 bits per heavy atom. The van der Waals surface area contributed by atoms with Crippen molar-refractivity contribution in [1.29, 1.82) is 0 Å². The van der Waals surface area contributed by atoms with Gasteiger partial charge in [0.15, 0.2) is 0 Å². The van der Waals surface area contributed by atoms with Crippen molar-refractivity contribution < 1.29 is 4.79 Å². The van der Waals surface area contributed by atoms with Crippen molar-refractivity contribution in [2.45, 2.75) is 6.54 Å². The molecule has 0 aliphatic carbocycles. The Labute approximate surface area is 181 Å². The fraction of sp³-hybridized carbons (Fsp3) is 0.125. The molecular weight excluding hydrogens is 388 g/mol. The molecule has 0 spiro atoms. The molecule has 7 nitrogen and oxygen atoms in total. The van der Waals surface area contributed by atoms with Crippen molar-refractivity contribution in [2.24, 2.45) is 0 Å². The SMILES string of the molecule is CN(C)c1ccc(Cn2nccc2NC(=O)C=Cc2cnn(-c3ccccc3)c2)cc1. The minimum atomic E-state index is -0.225.